The number of nitrogens with one attached hydrogen (secondary N) is 1. The highest BCUT2D eigenvalue weighted by atomic mass is 16.6. The number of hydrogen-bond acceptors (Lipinski definition) is 4. The molecule has 1 aromatic rings. The Labute approximate surface area is 133 Å². The average Bonchev–Trinajstić information content (AvgIpc) is 2.41. The van der Waals surface area contributed by atoms with Gasteiger partial charge < -0.3 is 20.1 Å². The molecule has 0 spiro atoms. The maximum absolute atomic E-state index is 12.1. The predicted octanol–water partition coefficient (Wildman–Crippen LogP) is 2.39. The Hall–Kier alpha value is -1.59. The van der Waals surface area contributed by atoms with Crippen molar-refractivity contribution in [2.75, 3.05) is 19.6 Å². The molecule has 0 saturated heterocycles. The summed E-state index contributed by atoms with van der Waals surface area (Å²) in [6.07, 6.45) is -0.975. The first-order chi connectivity index (χ1) is 10.3. The van der Waals surface area contributed by atoms with Gasteiger partial charge in [-0.25, -0.2) is 4.79 Å². The number of carbonyl (C=O) groups is 1. The van der Waals surface area contributed by atoms with Gasteiger partial charge in [0.25, 0.3) is 0 Å². The van der Waals surface area contributed by atoms with E-state index in [1.807, 2.05) is 39.0 Å². The molecule has 22 heavy (non-hydrogen) atoms. The maximum atomic E-state index is 12.1. The third-order valence-electron chi connectivity index (χ3n) is 2.87. The number of aliphatic hydroxyl groups excluding tert-OH is 1. The molecule has 5 nitrogen and oxygen atoms in total. The topological polar surface area (TPSA) is 61.8 Å². The van der Waals surface area contributed by atoms with E-state index in [-0.39, 0.29) is 6.54 Å². The van der Waals surface area contributed by atoms with Crippen molar-refractivity contribution in [2.45, 2.75) is 45.9 Å². The molecule has 0 radical (unpaired) electrons. The third kappa shape index (κ3) is 8.00. The first kappa shape index (κ1) is 18.5. The molecule has 2 N–H and O–H groups in total. The highest BCUT2D eigenvalue weighted by Crippen LogP contribution is 2.10. The van der Waals surface area contributed by atoms with E-state index in [4.69, 9.17) is 4.74 Å². The van der Waals surface area contributed by atoms with Gasteiger partial charge in [0.2, 0.25) is 0 Å². The molecule has 0 aliphatic heterocycles. The van der Waals surface area contributed by atoms with Crippen LogP contribution in [0.1, 0.15) is 33.3 Å². The van der Waals surface area contributed by atoms with Gasteiger partial charge >= 0.3 is 6.09 Å². The molecule has 0 heterocycles. The molecule has 0 aliphatic carbocycles. The number of carbonyl (C=O) groups excluding carboxylic acids is 1. The first-order valence-electron chi connectivity index (χ1n) is 7.68. The standard InChI is InChI=1S/C17H28N2O3/c1-14(20)13-19(16(21)22-17(2,3)4)11-10-18-12-15-8-6-5-7-9-15/h5-9,14,18,20H,10-13H2,1-4H3. The summed E-state index contributed by atoms with van der Waals surface area (Å²) >= 11 is 0. The van der Waals surface area contributed by atoms with E-state index in [0.29, 0.717) is 13.1 Å². The van der Waals surface area contributed by atoms with Crippen LogP contribution in [-0.4, -0.2) is 47.4 Å². The Morgan fingerprint density at radius 2 is 1.95 bits per heavy atom. The first-order valence-corrected chi connectivity index (χ1v) is 7.68. The van der Waals surface area contributed by atoms with Crippen molar-refractivity contribution in [3.8, 4) is 0 Å². The molecule has 1 atom stereocenters. The van der Waals surface area contributed by atoms with Gasteiger partial charge in [0.05, 0.1) is 6.10 Å². The molecule has 124 valence electrons. The van der Waals surface area contributed by atoms with Crippen LogP contribution in [0.2, 0.25) is 0 Å². The monoisotopic (exact) mass is 308 g/mol. The van der Waals surface area contributed by atoms with Crippen LogP contribution in [0.15, 0.2) is 30.3 Å². The summed E-state index contributed by atoms with van der Waals surface area (Å²) in [5, 5.41) is 12.8. The van der Waals surface area contributed by atoms with Crippen LogP contribution in [0.25, 0.3) is 0 Å². The van der Waals surface area contributed by atoms with Crippen molar-refractivity contribution in [1.82, 2.24) is 10.2 Å². The van der Waals surface area contributed by atoms with Gasteiger partial charge in [0.1, 0.15) is 5.60 Å². The van der Waals surface area contributed by atoms with E-state index in [9.17, 15) is 9.90 Å². The fourth-order valence-corrected chi connectivity index (χ4v) is 1.95. The lowest BCUT2D eigenvalue weighted by atomic mass is 10.2. The molecule has 0 aliphatic rings. The number of rotatable bonds is 7. The normalized spacial score (nSPS) is 12.8. The van der Waals surface area contributed by atoms with Crippen LogP contribution in [0.4, 0.5) is 4.79 Å². The number of benzene rings is 1. The van der Waals surface area contributed by atoms with Crippen LogP contribution in [0, 0.1) is 0 Å². The van der Waals surface area contributed by atoms with Crippen molar-refractivity contribution in [2.24, 2.45) is 0 Å². The van der Waals surface area contributed by atoms with Crippen LogP contribution in [0.3, 0.4) is 0 Å². The zero-order valence-corrected chi connectivity index (χ0v) is 14.0. The minimum Gasteiger partial charge on any atom is -0.444 e. The van der Waals surface area contributed by atoms with Gasteiger partial charge in [-0.1, -0.05) is 30.3 Å². The Morgan fingerprint density at radius 1 is 1.32 bits per heavy atom. The van der Waals surface area contributed by atoms with Crippen LogP contribution in [0.5, 0.6) is 0 Å². The predicted molar refractivity (Wildman–Crippen MR) is 87.6 cm³/mol. The van der Waals surface area contributed by atoms with E-state index in [1.54, 1.807) is 6.92 Å². The maximum Gasteiger partial charge on any atom is 0.410 e. The SMILES string of the molecule is CC(O)CN(CCNCc1ccccc1)C(=O)OC(C)(C)C. The number of nitrogens with zero attached hydrogens (tertiary/aromatic N) is 1. The van der Waals surface area contributed by atoms with Crippen molar-refractivity contribution in [1.29, 1.82) is 0 Å². The fourth-order valence-electron chi connectivity index (χ4n) is 1.95. The fraction of sp³-hybridized carbons (Fsp3) is 0.588. The van der Waals surface area contributed by atoms with Crippen LogP contribution in [-0.2, 0) is 11.3 Å². The molecule has 1 amide bonds. The lowest BCUT2D eigenvalue weighted by Crippen LogP contribution is -2.43. The molecule has 0 aromatic heterocycles. The summed E-state index contributed by atoms with van der Waals surface area (Å²) in [5.41, 5.74) is 0.660. The quantitative estimate of drug-likeness (QED) is 0.759. The van der Waals surface area contributed by atoms with Crippen molar-refractivity contribution < 1.29 is 14.6 Å². The van der Waals surface area contributed by atoms with Crippen LogP contribution >= 0.6 is 0 Å². The number of amides is 1. The highest BCUT2D eigenvalue weighted by molar-refractivity contribution is 5.68. The largest absolute Gasteiger partial charge is 0.444 e. The lowest BCUT2D eigenvalue weighted by Gasteiger charge is -2.28. The van der Waals surface area contributed by atoms with Gasteiger partial charge in [0.15, 0.2) is 0 Å². The Morgan fingerprint density at radius 3 is 2.50 bits per heavy atom. The van der Waals surface area contributed by atoms with Gasteiger partial charge in [-0.15, -0.1) is 0 Å². The lowest BCUT2D eigenvalue weighted by molar-refractivity contribution is 0.0164. The van der Waals surface area contributed by atoms with Crippen molar-refractivity contribution in [3.63, 3.8) is 0 Å². The Kier molecular flexibility index (Phi) is 7.35. The molecule has 0 fully saturated rings. The zero-order chi connectivity index (χ0) is 16.6. The minimum absolute atomic E-state index is 0.266. The second kappa shape index (κ2) is 8.76. The average molecular weight is 308 g/mol. The summed E-state index contributed by atoms with van der Waals surface area (Å²) in [6, 6.07) is 10.1. The third-order valence-corrected chi connectivity index (χ3v) is 2.87. The zero-order valence-electron chi connectivity index (χ0n) is 14.0. The Balaban J connectivity index is 2.42. The molecular formula is C17H28N2O3. The summed E-state index contributed by atoms with van der Waals surface area (Å²) in [5.74, 6) is 0. The van der Waals surface area contributed by atoms with Crippen LogP contribution < -0.4 is 5.32 Å². The summed E-state index contributed by atoms with van der Waals surface area (Å²) < 4.78 is 5.36. The molecule has 5 heteroatoms. The summed E-state index contributed by atoms with van der Waals surface area (Å²) in [7, 11) is 0. The van der Waals surface area contributed by atoms with E-state index < -0.39 is 17.8 Å². The number of ether oxygens (including phenoxy) is 1. The van der Waals surface area contributed by atoms with Gasteiger partial charge in [-0.3, -0.25) is 0 Å². The van der Waals surface area contributed by atoms with Gasteiger partial charge in [-0.05, 0) is 33.3 Å². The molecule has 0 bridgehead atoms. The van der Waals surface area contributed by atoms with Gasteiger partial charge in [0, 0.05) is 26.2 Å². The van der Waals surface area contributed by atoms with E-state index in [2.05, 4.69) is 17.4 Å². The minimum atomic E-state index is -0.582. The molecule has 1 unspecified atom stereocenters. The van der Waals surface area contributed by atoms with Crippen molar-refractivity contribution in [3.05, 3.63) is 35.9 Å². The number of hydrogen-bond donors (Lipinski definition) is 2. The second-order valence-electron chi connectivity index (χ2n) is 6.44. The van der Waals surface area contributed by atoms with Crippen molar-refractivity contribution >= 4 is 6.09 Å². The van der Waals surface area contributed by atoms with Gasteiger partial charge in [-0.2, -0.15) is 0 Å². The highest BCUT2D eigenvalue weighted by Gasteiger charge is 2.22. The Bertz CT molecular complexity index is 441. The number of aliphatic hydroxyl groups is 1. The molecular weight excluding hydrogens is 280 g/mol. The molecule has 1 aromatic carbocycles. The second-order valence-corrected chi connectivity index (χ2v) is 6.44. The summed E-state index contributed by atoms with van der Waals surface area (Å²) in [6.45, 7) is 9.30. The van der Waals surface area contributed by atoms with E-state index in [0.717, 1.165) is 6.54 Å². The summed E-state index contributed by atoms with van der Waals surface area (Å²) in [4.78, 5) is 13.7. The smallest absolute Gasteiger partial charge is 0.410 e. The van der Waals surface area contributed by atoms with E-state index in [1.165, 1.54) is 10.5 Å². The molecule has 1 rings (SSSR count). The molecule has 0 saturated carbocycles. The van der Waals surface area contributed by atoms with E-state index >= 15 is 0 Å².